The molecule has 0 spiro atoms. The van der Waals surface area contributed by atoms with Crippen LogP contribution in [-0.4, -0.2) is 25.0 Å². The van der Waals surface area contributed by atoms with Crippen LogP contribution >= 0.6 is 0 Å². The lowest BCUT2D eigenvalue weighted by Crippen LogP contribution is -2.29. The highest BCUT2D eigenvalue weighted by Gasteiger charge is 2.08. The monoisotopic (exact) mass is 292 g/mol. The van der Waals surface area contributed by atoms with Crippen LogP contribution < -0.4 is 15.4 Å². The van der Waals surface area contributed by atoms with E-state index in [1.807, 2.05) is 39.0 Å². The molecule has 0 aliphatic rings. The summed E-state index contributed by atoms with van der Waals surface area (Å²) >= 11 is 0. The third kappa shape index (κ3) is 5.85. The first-order valence-electron chi connectivity index (χ1n) is 7.25. The van der Waals surface area contributed by atoms with E-state index in [1.54, 1.807) is 0 Å². The molecule has 5 nitrogen and oxygen atoms in total. The van der Waals surface area contributed by atoms with E-state index >= 15 is 0 Å². The maximum atomic E-state index is 11.5. The van der Waals surface area contributed by atoms with Gasteiger partial charge in [0.25, 0.3) is 0 Å². The van der Waals surface area contributed by atoms with Crippen molar-refractivity contribution in [1.29, 1.82) is 0 Å². The number of nitrogens with one attached hydrogen (secondary N) is 2. The molecule has 0 bridgehead atoms. The molecule has 0 atom stereocenters. The zero-order chi connectivity index (χ0) is 15.8. The number of carbonyl (C=O) groups is 2. The van der Waals surface area contributed by atoms with E-state index < -0.39 is 0 Å². The standard InChI is InChI=1S/C16H24N2O3/c1-5-21-15-7-6-13(10-14(15)18-12(4)19)8-9-17-16(20)11(2)3/h6-7,10-11H,5,8-9H2,1-4H3,(H,17,20)(H,18,19). The number of carbonyl (C=O) groups excluding carboxylic acids is 2. The molecule has 0 aromatic heterocycles. The predicted molar refractivity (Wildman–Crippen MR) is 83.5 cm³/mol. The van der Waals surface area contributed by atoms with Crippen molar-refractivity contribution < 1.29 is 14.3 Å². The number of benzene rings is 1. The number of anilines is 1. The molecular formula is C16H24N2O3. The molecule has 0 saturated carbocycles. The van der Waals surface area contributed by atoms with Crippen LogP contribution in [0.25, 0.3) is 0 Å². The molecule has 0 aliphatic heterocycles. The minimum Gasteiger partial charge on any atom is -0.492 e. The molecule has 5 heteroatoms. The van der Waals surface area contributed by atoms with Gasteiger partial charge in [-0.2, -0.15) is 0 Å². The van der Waals surface area contributed by atoms with Gasteiger partial charge in [0.15, 0.2) is 0 Å². The number of rotatable bonds is 7. The summed E-state index contributed by atoms with van der Waals surface area (Å²) in [4.78, 5) is 22.7. The van der Waals surface area contributed by atoms with Gasteiger partial charge in [0, 0.05) is 19.4 Å². The zero-order valence-corrected chi connectivity index (χ0v) is 13.2. The lowest BCUT2D eigenvalue weighted by molar-refractivity contribution is -0.124. The summed E-state index contributed by atoms with van der Waals surface area (Å²) in [5, 5.41) is 5.64. The van der Waals surface area contributed by atoms with E-state index in [9.17, 15) is 9.59 Å². The van der Waals surface area contributed by atoms with E-state index in [0.717, 1.165) is 5.56 Å². The first kappa shape index (κ1) is 17.0. The van der Waals surface area contributed by atoms with Gasteiger partial charge in [-0.15, -0.1) is 0 Å². The Morgan fingerprint density at radius 3 is 2.57 bits per heavy atom. The van der Waals surface area contributed by atoms with E-state index in [1.165, 1.54) is 6.92 Å². The summed E-state index contributed by atoms with van der Waals surface area (Å²) in [5.74, 6) is 0.548. The Bertz CT molecular complexity index is 498. The fraction of sp³-hybridized carbons (Fsp3) is 0.500. The second-order valence-electron chi connectivity index (χ2n) is 5.14. The zero-order valence-electron chi connectivity index (χ0n) is 13.2. The first-order chi connectivity index (χ1) is 9.93. The third-order valence-electron chi connectivity index (χ3n) is 2.89. The summed E-state index contributed by atoms with van der Waals surface area (Å²) in [6, 6.07) is 5.67. The van der Waals surface area contributed by atoms with Crippen molar-refractivity contribution >= 4 is 17.5 Å². The Kier molecular flexibility index (Phi) is 6.72. The van der Waals surface area contributed by atoms with Gasteiger partial charge < -0.3 is 15.4 Å². The number of hydrogen-bond acceptors (Lipinski definition) is 3. The van der Waals surface area contributed by atoms with Crippen LogP contribution in [0.3, 0.4) is 0 Å². The van der Waals surface area contributed by atoms with Crippen LogP contribution in [0.5, 0.6) is 5.75 Å². The van der Waals surface area contributed by atoms with Crippen LogP contribution in [0.2, 0.25) is 0 Å². The molecule has 116 valence electrons. The summed E-state index contributed by atoms with van der Waals surface area (Å²) in [7, 11) is 0. The average Bonchev–Trinajstić information content (AvgIpc) is 2.40. The maximum absolute atomic E-state index is 11.5. The molecule has 1 aromatic carbocycles. The van der Waals surface area contributed by atoms with E-state index in [4.69, 9.17) is 4.74 Å². The minimum atomic E-state index is -0.138. The van der Waals surface area contributed by atoms with Crippen LogP contribution in [0.4, 0.5) is 5.69 Å². The van der Waals surface area contributed by atoms with Crippen molar-refractivity contribution in [3.63, 3.8) is 0 Å². The van der Waals surface area contributed by atoms with Crippen molar-refractivity contribution in [3.8, 4) is 5.75 Å². The summed E-state index contributed by atoms with van der Waals surface area (Å²) in [6.45, 7) is 8.20. The van der Waals surface area contributed by atoms with Gasteiger partial charge in [0.05, 0.1) is 12.3 Å². The molecule has 1 aromatic rings. The Labute approximate surface area is 126 Å². The van der Waals surface area contributed by atoms with Crippen molar-refractivity contribution in [3.05, 3.63) is 23.8 Å². The van der Waals surface area contributed by atoms with Crippen LogP contribution in [0.1, 0.15) is 33.3 Å². The van der Waals surface area contributed by atoms with Gasteiger partial charge in [-0.1, -0.05) is 19.9 Å². The SMILES string of the molecule is CCOc1ccc(CCNC(=O)C(C)C)cc1NC(C)=O. The predicted octanol–water partition coefficient (Wildman–Crippen LogP) is 2.36. The molecule has 0 unspecified atom stereocenters. The molecule has 0 heterocycles. The summed E-state index contributed by atoms with van der Waals surface area (Å²) in [6.07, 6.45) is 0.706. The Hall–Kier alpha value is -2.04. The lowest BCUT2D eigenvalue weighted by atomic mass is 10.1. The van der Waals surface area contributed by atoms with Crippen LogP contribution in [0, 0.1) is 5.92 Å². The van der Waals surface area contributed by atoms with Crippen molar-refractivity contribution in [1.82, 2.24) is 5.32 Å². The van der Waals surface area contributed by atoms with Gasteiger partial charge in [-0.25, -0.2) is 0 Å². The van der Waals surface area contributed by atoms with E-state index in [0.29, 0.717) is 31.0 Å². The quantitative estimate of drug-likeness (QED) is 0.810. The number of ether oxygens (including phenoxy) is 1. The highest BCUT2D eigenvalue weighted by Crippen LogP contribution is 2.26. The van der Waals surface area contributed by atoms with Crippen molar-refractivity contribution in [2.45, 2.75) is 34.1 Å². The topological polar surface area (TPSA) is 67.4 Å². The van der Waals surface area contributed by atoms with Crippen molar-refractivity contribution in [2.75, 3.05) is 18.5 Å². The molecule has 0 saturated heterocycles. The summed E-state index contributed by atoms with van der Waals surface area (Å²) in [5.41, 5.74) is 1.70. The number of hydrogen-bond donors (Lipinski definition) is 2. The summed E-state index contributed by atoms with van der Waals surface area (Å²) < 4.78 is 5.48. The van der Waals surface area contributed by atoms with Crippen LogP contribution in [0.15, 0.2) is 18.2 Å². The second kappa shape index (κ2) is 8.29. The van der Waals surface area contributed by atoms with Gasteiger partial charge in [0.1, 0.15) is 5.75 Å². The third-order valence-corrected chi connectivity index (χ3v) is 2.89. The first-order valence-corrected chi connectivity index (χ1v) is 7.25. The smallest absolute Gasteiger partial charge is 0.222 e. The Morgan fingerprint density at radius 1 is 1.29 bits per heavy atom. The highest BCUT2D eigenvalue weighted by atomic mass is 16.5. The second-order valence-corrected chi connectivity index (χ2v) is 5.14. The number of amides is 2. The van der Waals surface area contributed by atoms with Crippen LogP contribution in [-0.2, 0) is 16.0 Å². The minimum absolute atomic E-state index is 0.0136. The fourth-order valence-electron chi connectivity index (χ4n) is 1.84. The van der Waals surface area contributed by atoms with Crippen molar-refractivity contribution in [2.24, 2.45) is 5.92 Å². The molecule has 0 fully saturated rings. The van der Waals surface area contributed by atoms with Gasteiger partial charge in [-0.05, 0) is 31.0 Å². The van der Waals surface area contributed by atoms with Gasteiger partial charge >= 0.3 is 0 Å². The molecule has 21 heavy (non-hydrogen) atoms. The Balaban J connectivity index is 2.70. The average molecular weight is 292 g/mol. The maximum Gasteiger partial charge on any atom is 0.222 e. The highest BCUT2D eigenvalue weighted by molar-refractivity contribution is 5.90. The molecule has 2 N–H and O–H groups in total. The lowest BCUT2D eigenvalue weighted by Gasteiger charge is -2.13. The van der Waals surface area contributed by atoms with Gasteiger partial charge in [-0.3, -0.25) is 9.59 Å². The fourth-order valence-corrected chi connectivity index (χ4v) is 1.84. The largest absolute Gasteiger partial charge is 0.492 e. The molecule has 0 aliphatic carbocycles. The molecule has 1 rings (SSSR count). The van der Waals surface area contributed by atoms with E-state index in [2.05, 4.69) is 10.6 Å². The molecule has 2 amide bonds. The Morgan fingerprint density at radius 2 is 2.00 bits per heavy atom. The molecule has 0 radical (unpaired) electrons. The molecular weight excluding hydrogens is 268 g/mol. The van der Waals surface area contributed by atoms with Gasteiger partial charge in [0.2, 0.25) is 11.8 Å². The normalized spacial score (nSPS) is 10.3. The van der Waals surface area contributed by atoms with E-state index in [-0.39, 0.29) is 17.7 Å².